The molecule has 4 N–H and O–H groups in total. The molecule has 0 atom stereocenters. The summed E-state index contributed by atoms with van der Waals surface area (Å²) < 4.78 is 4.90. The van der Waals surface area contributed by atoms with Gasteiger partial charge in [-0.2, -0.15) is 0 Å². The van der Waals surface area contributed by atoms with Crippen molar-refractivity contribution in [3.63, 3.8) is 0 Å². The maximum Gasteiger partial charge on any atom is 0.305 e. The summed E-state index contributed by atoms with van der Waals surface area (Å²) in [7, 11) is 0. The number of ether oxygens (including phenoxy) is 1. The third kappa shape index (κ3) is 8.21. The Morgan fingerprint density at radius 3 is 2.91 bits per heavy atom. The molecule has 0 heterocycles. The molecule has 122 valence electrons. The minimum atomic E-state index is -0.0987. The Labute approximate surface area is 141 Å². The third-order valence-electron chi connectivity index (χ3n) is 2.82. The Bertz CT molecular complexity index is 484. The second-order valence-electron chi connectivity index (χ2n) is 4.59. The molecule has 5 nitrogen and oxygen atoms in total. The molecule has 0 fully saturated rings. The average molecular weight is 342 g/mol. The summed E-state index contributed by atoms with van der Waals surface area (Å²) >= 11 is 6.75. The van der Waals surface area contributed by atoms with E-state index in [4.69, 9.17) is 22.8 Å². The molecule has 0 bridgehead atoms. The first kappa shape index (κ1) is 18.7. The fourth-order valence-electron chi connectivity index (χ4n) is 1.80. The van der Waals surface area contributed by atoms with E-state index < -0.39 is 0 Å². The van der Waals surface area contributed by atoms with Crippen molar-refractivity contribution in [2.45, 2.75) is 37.5 Å². The summed E-state index contributed by atoms with van der Waals surface area (Å²) in [5.41, 5.74) is 3.31. The van der Waals surface area contributed by atoms with Crippen LogP contribution in [0.25, 0.3) is 0 Å². The maximum absolute atomic E-state index is 11.2. The number of hydrogen-bond donors (Lipinski definition) is 3. The fraction of sp³-hybridized carbons (Fsp3) is 0.467. The molecule has 0 saturated carbocycles. The molecule has 7 heteroatoms. The van der Waals surface area contributed by atoms with Crippen molar-refractivity contribution in [2.75, 3.05) is 17.7 Å². The molecule has 1 aromatic rings. The molecule has 0 aliphatic carbocycles. The smallest absolute Gasteiger partial charge is 0.305 e. The largest absolute Gasteiger partial charge is 0.466 e. The standard InChI is InChI=1S/C15H23N3O2S2/c1-2-20-14(19)9-4-3-5-10-22-13-8-6-7-12(11-13)17-15(21)18-16/h6-8,11H,2-5,9-10,16H2,1H3,(H2,17,18,21). The van der Waals surface area contributed by atoms with E-state index in [1.165, 1.54) is 4.90 Å². The van der Waals surface area contributed by atoms with Gasteiger partial charge in [0.25, 0.3) is 0 Å². The second-order valence-corrected chi connectivity index (χ2v) is 6.17. The number of thioether (sulfide) groups is 1. The van der Waals surface area contributed by atoms with Gasteiger partial charge in [0.15, 0.2) is 5.11 Å². The molecule has 1 rings (SSSR count). The van der Waals surface area contributed by atoms with Gasteiger partial charge in [0.1, 0.15) is 0 Å². The van der Waals surface area contributed by atoms with Gasteiger partial charge >= 0.3 is 5.97 Å². The van der Waals surface area contributed by atoms with E-state index in [0.717, 1.165) is 30.7 Å². The van der Waals surface area contributed by atoms with Crippen LogP contribution < -0.4 is 16.6 Å². The average Bonchev–Trinajstić information content (AvgIpc) is 2.51. The van der Waals surface area contributed by atoms with Crippen LogP contribution in [0.5, 0.6) is 0 Å². The first-order valence-corrected chi connectivity index (χ1v) is 8.71. The van der Waals surface area contributed by atoms with Crippen molar-refractivity contribution in [2.24, 2.45) is 5.84 Å². The van der Waals surface area contributed by atoms with Gasteiger partial charge < -0.3 is 15.5 Å². The SMILES string of the molecule is CCOC(=O)CCCCCSc1cccc(NC(=S)NN)c1. The Morgan fingerprint density at radius 2 is 2.18 bits per heavy atom. The molecular weight excluding hydrogens is 318 g/mol. The second kappa shape index (κ2) is 11.3. The zero-order valence-electron chi connectivity index (χ0n) is 12.8. The van der Waals surface area contributed by atoms with Gasteiger partial charge in [0.2, 0.25) is 0 Å². The third-order valence-corrected chi connectivity index (χ3v) is 4.12. The van der Waals surface area contributed by atoms with E-state index in [1.807, 2.05) is 25.1 Å². The van der Waals surface area contributed by atoms with Gasteiger partial charge in [-0.15, -0.1) is 11.8 Å². The highest BCUT2D eigenvalue weighted by Crippen LogP contribution is 2.23. The van der Waals surface area contributed by atoms with Crippen LogP contribution in [-0.4, -0.2) is 23.4 Å². The van der Waals surface area contributed by atoms with Gasteiger partial charge in [0, 0.05) is 17.0 Å². The normalized spacial score (nSPS) is 10.1. The predicted molar refractivity (Wildman–Crippen MR) is 95.8 cm³/mol. The van der Waals surface area contributed by atoms with Crippen molar-refractivity contribution in [1.82, 2.24) is 5.43 Å². The molecule has 0 amide bonds. The monoisotopic (exact) mass is 341 g/mol. The lowest BCUT2D eigenvalue weighted by Crippen LogP contribution is -2.34. The minimum absolute atomic E-state index is 0.0987. The van der Waals surface area contributed by atoms with Crippen LogP contribution in [0.1, 0.15) is 32.6 Å². The number of hydrogen-bond acceptors (Lipinski definition) is 5. The molecule has 0 unspecified atom stereocenters. The van der Waals surface area contributed by atoms with Crippen LogP contribution >= 0.6 is 24.0 Å². The number of nitrogens with one attached hydrogen (secondary N) is 2. The first-order valence-electron chi connectivity index (χ1n) is 7.31. The van der Waals surface area contributed by atoms with Crippen LogP contribution in [0.4, 0.5) is 5.69 Å². The van der Waals surface area contributed by atoms with Gasteiger partial charge in [-0.1, -0.05) is 12.5 Å². The molecular formula is C15H23N3O2S2. The molecule has 0 aliphatic heterocycles. The summed E-state index contributed by atoms with van der Waals surface area (Å²) in [6.45, 7) is 2.29. The number of carbonyl (C=O) groups excluding carboxylic acids is 1. The number of nitrogens with two attached hydrogens (primary N) is 1. The molecule has 0 aliphatic rings. The number of rotatable bonds is 9. The van der Waals surface area contributed by atoms with Crippen LogP contribution in [0.2, 0.25) is 0 Å². The highest BCUT2D eigenvalue weighted by Gasteiger charge is 2.02. The molecule has 1 aromatic carbocycles. The topological polar surface area (TPSA) is 76.4 Å². The Morgan fingerprint density at radius 1 is 1.36 bits per heavy atom. The number of carbonyl (C=O) groups is 1. The molecule has 0 saturated heterocycles. The summed E-state index contributed by atoms with van der Waals surface area (Å²) in [6, 6.07) is 8.01. The van der Waals surface area contributed by atoms with E-state index in [0.29, 0.717) is 18.1 Å². The molecule has 0 spiro atoms. The van der Waals surface area contributed by atoms with Crippen molar-refractivity contribution in [1.29, 1.82) is 0 Å². The summed E-state index contributed by atoms with van der Waals surface area (Å²) in [6.07, 6.45) is 3.51. The molecule has 22 heavy (non-hydrogen) atoms. The van der Waals surface area contributed by atoms with Gasteiger partial charge in [-0.25, -0.2) is 5.84 Å². The summed E-state index contributed by atoms with van der Waals surface area (Å²) in [5, 5.41) is 3.39. The summed E-state index contributed by atoms with van der Waals surface area (Å²) in [4.78, 5) is 12.4. The van der Waals surface area contributed by atoms with Crippen molar-refractivity contribution >= 4 is 40.7 Å². The Kier molecular flexibility index (Phi) is 9.61. The van der Waals surface area contributed by atoms with Crippen LogP contribution in [0.15, 0.2) is 29.2 Å². The van der Waals surface area contributed by atoms with Crippen molar-refractivity contribution in [3.8, 4) is 0 Å². The predicted octanol–water partition coefficient (Wildman–Crippen LogP) is 3.06. The number of benzene rings is 1. The minimum Gasteiger partial charge on any atom is -0.466 e. The number of esters is 1. The molecule has 0 radical (unpaired) electrons. The maximum atomic E-state index is 11.2. The van der Waals surface area contributed by atoms with Crippen molar-refractivity contribution < 1.29 is 9.53 Å². The van der Waals surface area contributed by atoms with E-state index in [-0.39, 0.29) is 5.97 Å². The number of anilines is 1. The summed E-state index contributed by atoms with van der Waals surface area (Å²) in [5.74, 6) is 6.15. The Balaban J connectivity index is 2.21. The van der Waals surface area contributed by atoms with E-state index in [2.05, 4.69) is 16.8 Å². The molecule has 0 aromatic heterocycles. The van der Waals surface area contributed by atoms with Crippen molar-refractivity contribution in [3.05, 3.63) is 24.3 Å². The Hall–Kier alpha value is -1.31. The highest BCUT2D eigenvalue weighted by molar-refractivity contribution is 7.99. The lowest BCUT2D eigenvalue weighted by Gasteiger charge is -2.08. The van der Waals surface area contributed by atoms with Gasteiger partial charge in [-0.05, 0) is 55.9 Å². The van der Waals surface area contributed by atoms with Crippen LogP contribution in [0, 0.1) is 0 Å². The van der Waals surface area contributed by atoms with Gasteiger partial charge in [0.05, 0.1) is 6.61 Å². The van der Waals surface area contributed by atoms with E-state index in [1.54, 1.807) is 11.8 Å². The fourth-order valence-corrected chi connectivity index (χ4v) is 2.89. The lowest BCUT2D eigenvalue weighted by molar-refractivity contribution is -0.143. The van der Waals surface area contributed by atoms with Crippen LogP contribution in [-0.2, 0) is 9.53 Å². The zero-order valence-corrected chi connectivity index (χ0v) is 14.4. The quantitative estimate of drug-likeness (QED) is 0.159. The van der Waals surface area contributed by atoms with Crippen LogP contribution in [0.3, 0.4) is 0 Å². The number of hydrazine groups is 1. The zero-order chi connectivity index (χ0) is 16.2. The number of unbranched alkanes of at least 4 members (excludes halogenated alkanes) is 2. The highest BCUT2D eigenvalue weighted by atomic mass is 32.2. The van der Waals surface area contributed by atoms with Gasteiger partial charge in [-0.3, -0.25) is 4.79 Å². The lowest BCUT2D eigenvalue weighted by atomic mass is 10.2. The van der Waals surface area contributed by atoms with E-state index >= 15 is 0 Å². The van der Waals surface area contributed by atoms with E-state index in [9.17, 15) is 4.79 Å². The first-order chi connectivity index (χ1) is 10.7. The number of thiocarbonyl (C=S) groups is 1.